The van der Waals surface area contributed by atoms with Gasteiger partial charge in [0.1, 0.15) is 23.7 Å². The van der Waals surface area contributed by atoms with Gasteiger partial charge in [-0.15, -0.1) is 0 Å². The number of aromatic amines is 2. The molecular formula is C40H54N8O8. The van der Waals surface area contributed by atoms with E-state index in [9.17, 15) is 24.3 Å². The van der Waals surface area contributed by atoms with E-state index in [4.69, 9.17) is 24.2 Å². The fraction of sp³-hybridized carbons (Fsp3) is 0.550. The van der Waals surface area contributed by atoms with Gasteiger partial charge in [0, 0.05) is 52.3 Å². The summed E-state index contributed by atoms with van der Waals surface area (Å²) in [6, 6.07) is 6.10. The van der Waals surface area contributed by atoms with Gasteiger partial charge in [-0.2, -0.15) is 0 Å². The number of ether oxygens (including phenoxy) is 3. The monoisotopic (exact) mass is 774 g/mol. The maximum Gasteiger partial charge on any atom is 0.407 e. The Balaban J connectivity index is 1.08. The second-order valence-corrected chi connectivity index (χ2v) is 14.9. The number of rotatable bonds is 13. The fourth-order valence-corrected chi connectivity index (χ4v) is 8.23. The first-order valence-corrected chi connectivity index (χ1v) is 19.3. The molecule has 56 heavy (non-hydrogen) atoms. The highest BCUT2D eigenvalue weighted by Gasteiger charge is 2.41. The van der Waals surface area contributed by atoms with Gasteiger partial charge >= 0.3 is 12.2 Å². The molecule has 3 aromatic rings. The second-order valence-electron chi connectivity index (χ2n) is 14.9. The summed E-state index contributed by atoms with van der Waals surface area (Å²) in [6.07, 6.45) is 8.82. The molecule has 4 heterocycles. The molecule has 302 valence electrons. The van der Waals surface area contributed by atoms with E-state index in [0.717, 1.165) is 72.6 Å². The minimum Gasteiger partial charge on any atom is -0.465 e. The largest absolute Gasteiger partial charge is 0.465 e. The first-order chi connectivity index (χ1) is 26.9. The number of nitrogens with zero attached hydrogens (tertiary/aromatic N) is 5. The van der Waals surface area contributed by atoms with Gasteiger partial charge in [0.05, 0.1) is 42.8 Å². The minimum atomic E-state index is -1.19. The van der Waals surface area contributed by atoms with E-state index in [2.05, 4.69) is 45.6 Å². The number of imidazole rings is 2. The maximum absolute atomic E-state index is 13.7. The summed E-state index contributed by atoms with van der Waals surface area (Å²) in [6.45, 7) is 4.51. The van der Waals surface area contributed by atoms with Crippen molar-refractivity contribution in [3.05, 3.63) is 65.6 Å². The van der Waals surface area contributed by atoms with Crippen LogP contribution in [0.15, 0.2) is 42.7 Å². The highest BCUT2D eigenvalue weighted by Crippen LogP contribution is 2.38. The van der Waals surface area contributed by atoms with Crippen LogP contribution in [0.1, 0.15) is 99.7 Å². The topological polar surface area (TPSA) is 195 Å². The van der Waals surface area contributed by atoms with Crippen LogP contribution in [0.2, 0.25) is 0 Å². The van der Waals surface area contributed by atoms with E-state index < -0.39 is 36.5 Å². The number of hydrogen-bond acceptors (Lipinski definition) is 9. The summed E-state index contributed by atoms with van der Waals surface area (Å²) in [5.74, 6) is 1.24. The van der Waals surface area contributed by atoms with Crippen LogP contribution in [-0.4, -0.2) is 130 Å². The van der Waals surface area contributed by atoms with E-state index in [0.29, 0.717) is 24.8 Å². The molecule has 1 aliphatic carbocycles. The van der Waals surface area contributed by atoms with Crippen molar-refractivity contribution in [1.82, 2.24) is 40.0 Å². The molecule has 0 radical (unpaired) electrons. The van der Waals surface area contributed by atoms with Gasteiger partial charge in [0.15, 0.2) is 0 Å². The molecule has 6 rings (SSSR count). The number of alkyl carbamates (subject to hydrolysis) is 1. The average Bonchev–Trinajstić information content (AvgIpc) is 4.06. The SMILES string of the molecule is COC(=O)N[C@H](C(=O)N1CCC[C@H]1c1nc(C2=CCC(c3ccc(-c4c[nH]c([C@@H]5CCCN5C(=O)[C@H]([C@@H](C)OC)N(C)C(=O)O)n4)cc3)CC2)c[nH]1)C(C)OC. The Morgan fingerprint density at radius 1 is 0.857 bits per heavy atom. The molecule has 2 fully saturated rings. The molecule has 16 heteroatoms. The number of nitrogens with one attached hydrogen (secondary N) is 3. The van der Waals surface area contributed by atoms with Gasteiger partial charge in [0.2, 0.25) is 11.8 Å². The molecule has 1 aromatic carbocycles. The molecule has 0 spiro atoms. The summed E-state index contributed by atoms with van der Waals surface area (Å²) >= 11 is 0. The molecule has 0 saturated carbocycles. The number of likely N-dealkylation sites (N-methyl/N-ethyl adjacent to an activating group) is 1. The zero-order chi connectivity index (χ0) is 40.1. The minimum absolute atomic E-state index is 0.231. The summed E-state index contributed by atoms with van der Waals surface area (Å²) in [7, 11) is 5.63. The predicted molar refractivity (Wildman–Crippen MR) is 206 cm³/mol. The van der Waals surface area contributed by atoms with Crippen LogP contribution in [0, 0.1) is 0 Å². The highest BCUT2D eigenvalue weighted by atomic mass is 16.5. The number of aromatic nitrogens is 4. The highest BCUT2D eigenvalue weighted by molar-refractivity contribution is 5.87. The van der Waals surface area contributed by atoms with Crippen LogP contribution in [-0.2, 0) is 23.8 Å². The van der Waals surface area contributed by atoms with E-state index >= 15 is 0 Å². The van der Waals surface area contributed by atoms with Gasteiger partial charge in [-0.1, -0.05) is 30.3 Å². The van der Waals surface area contributed by atoms with Crippen molar-refractivity contribution in [2.45, 2.75) is 101 Å². The molecule has 7 atom stereocenters. The van der Waals surface area contributed by atoms with E-state index in [1.54, 1.807) is 23.6 Å². The standard InChI is InChI=1S/C40H54N8O8/c1-23(54-4)33(45-39(51)56-6)37(49)47-19-7-9-31(47)35-41-21-29(43-35)27-15-11-25(12-16-27)26-13-17-28(18-14-26)30-22-42-36(44-30)32-10-8-20-48(32)38(50)34(24(2)55-5)46(3)40(52)53/h13-15,17-18,21-25,31-34H,7-12,16,19-20H2,1-6H3,(H,41,43)(H,42,44)(H,45,51)(H,52,53)/t23?,24-,25?,31+,32+,33+,34+/m1/s1. The van der Waals surface area contributed by atoms with Crippen LogP contribution >= 0.6 is 0 Å². The van der Waals surface area contributed by atoms with Crippen molar-refractivity contribution in [3.8, 4) is 11.3 Å². The number of amides is 4. The molecule has 2 unspecified atom stereocenters. The van der Waals surface area contributed by atoms with Crippen molar-refractivity contribution in [1.29, 1.82) is 0 Å². The van der Waals surface area contributed by atoms with Crippen LogP contribution < -0.4 is 5.32 Å². The fourth-order valence-electron chi connectivity index (χ4n) is 8.23. The van der Waals surface area contributed by atoms with Gasteiger partial charge in [-0.3, -0.25) is 14.5 Å². The van der Waals surface area contributed by atoms with Gasteiger partial charge in [0.25, 0.3) is 0 Å². The predicted octanol–water partition coefficient (Wildman–Crippen LogP) is 5.25. The Labute approximate surface area is 327 Å². The van der Waals surface area contributed by atoms with Crippen molar-refractivity contribution in [2.75, 3.05) is 41.5 Å². The first kappa shape index (κ1) is 40.4. The van der Waals surface area contributed by atoms with Gasteiger partial charge in [-0.05, 0) is 75.8 Å². The quantitative estimate of drug-likeness (QED) is 0.178. The van der Waals surface area contributed by atoms with Gasteiger partial charge in [-0.25, -0.2) is 19.6 Å². The Bertz CT molecular complexity index is 1890. The molecule has 3 aliphatic rings. The maximum atomic E-state index is 13.7. The van der Waals surface area contributed by atoms with Crippen LogP contribution in [0.4, 0.5) is 9.59 Å². The molecule has 4 N–H and O–H groups in total. The number of methoxy groups -OCH3 is 3. The van der Waals surface area contributed by atoms with Gasteiger partial charge < -0.3 is 44.4 Å². The number of hydrogen-bond donors (Lipinski definition) is 4. The third kappa shape index (κ3) is 8.45. The molecular weight excluding hydrogens is 720 g/mol. The lowest BCUT2D eigenvalue weighted by atomic mass is 9.83. The number of likely N-dealkylation sites (tertiary alicyclic amines) is 2. The molecule has 2 saturated heterocycles. The Morgan fingerprint density at radius 3 is 2.00 bits per heavy atom. The van der Waals surface area contributed by atoms with E-state index in [1.165, 1.54) is 39.5 Å². The lowest BCUT2D eigenvalue weighted by Gasteiger charge is -2.34. The Kier molecular flexibility index (Phi) is 12.8. The smallest absolute Gasteiger partial charge is 0.407 e. The number of benzene rings is 1. The Hall–Kier alpha value is -5.22. The third-order valence-electron chi connectivity index (χ3n) is 11.7. The first-order valence-electron chi connectivity index (χ1n) is 19.3. The zero-order valence-corrected chi connectivity index (χ0v) is 33.0. The van der Waals surface area contributed by atoms with E-state index in [-0.39, 0.29) is 23.9 Å². The number of H-pyrrole nitrogens is 2. The van der Waals surface area contributed by atoms with Crippen molar-refractivity contribution >= 4 is 29.6 Å². The third-order valence-corrected chi connectivity index (χ3v) is 11.7. The molecule has 0 bridgehead atoms. The summed E-state index contributed by atoms with van der Waals surface area (Å²) in [4.78, 5) is 72.0. The van der Waals surface area contributed by atoms with Crippen molar-refractivity contribution in [3.63, 3.8) is 0 Å². The zero-order valence-electron chi connectivity index (χ0n) is 33.0. The van der Waals surface area contributed by atoms with Crippen LogP contribution in [0.5, 0.6) is 0 Å². The van der Waals surface area contributed by atoms with Crippen molar-refractivity contribution < 1.29 is 38.5 Å². The summed E-state index contributed by atoms with van der Waals surface area (Å²) in [5, 5.41) is 12.3. The average molecular weight is 775 g/mol. The van der Waals surface area contributed by atoms with Crippen molar-refractivity contribution in [2.24, 2.45) is 0 Å². The number of carboxylic acid groups (broad SMARTS) is 1. The van der Waals surface area contributed by atoms with Crippen LogP contribution in [0.25, 0.3) is 16.8 Å². The Morgan fingerprint density at radius 2 is 1.45 bits per heavy atom. The van der Waals surface area contributed by atoms with E-state index in [1.807, 2.05) is 12.4 Å². The number of carbonyl (C=O) groups excluding carboxylic acids is 3. The summed E-state index contributed by atoms with van der Waals surface area (Å²) in [5.41, 5.74) is 5.05. The molecule has 2 aliphatic heterocycles. The normalized spacial score (nSPS) is 21.9. The second kappa shape index (κ2) is 17.7. The number of carbonyl (C=O) groups is 4. The lowest BCUT2D eigenvalue weighted by Crippen LogP contribution is -2.54. The number of allylic oxidation sites excluding steroid dienone is 2. The lowest BCUT2D eigenvalue weighted by molar-refractivity contribution is -0.141. The van der Waals surface area contributed by atoms with Crippen LogP contribution in [0.3, 0.4) is 0 Å². The summed E-state index contributed by atoms with van der Waals surface area (Å²) < 4.78 is 15.5. The molecule has 4 amide bonds. The molecule has 2 aromatic heterocycles. The molecule has 16 nitrogen and oxygen atoms in total.